The predicted octanol–water partition coefficient (Wildman–Crippen LogP) is 7.92. The van der Waals surface area contributed by atoms with Crippen LogP contribution < -0.4 is 0 Å². The lowest BCUT2D eigenvalue weighted by molar-refractivity contribution is 0.190. The molecule has 5 heteroatoms. The van der Waals surface area contributed by atoms with Crippen molar-refractivity contribution in [1.29, 1.82) is 0 Å². The maximum absolute atomic E-state index is 15.3. The Kier molecular flexibility index (Phi) is 6.92. The van der Waals surface area contributed by atoms with Crippen LogP contribution in [0.25, 0.3) is 16.9 Å². The third-order valence-corrected chi connectivity index (χ3v) is 6.68. The smallest absolute Gasteiger partial charge is 0.170 e. The number of halogens is 4. The third-order valence-electron chi connectivity index (χ3n) is 6.68. The molecule has 0 saturated carbocycles. The van der Waals surface area contributed by atoms with Crippen molar-refractivity contribution in [2.75, 3.05) is 6.61 Å². The van der Waals surface area contributed by atoms with Crippen molar-refractivity contribution in [1.82, 2.24) is 0 Å². The number of hydrogen-bond acceptors (Lipinski definition) is 1. The van der Waals surface area contributed by atoms with Crippen molar-refractivity contribution < 1.29 is 22.3 Å². The summed E-state index contributed by atoms with van der Waals surface area (Å²) in [5, 5.41) is 0. The van der Waals surface area contributed by atoms with Gasteiger partial charge < -0.3 is 4.74 Å². The van der Waals surface area contributed by atoms with E-state index in [9.17, 15) is 8.78 Å². The van der Waals surface area contributed by atoms with Crippen LogP contribution in [0.2, 0.25) is 0 Å². The summed E-state index contributed by atoms with van der Waals surface area (Å²) in [5.41, 5.74) is 1.09. The van der Waals surface area contributed by atoms with E-state index in [4.69, 9.17) is 4.74 Å². The molecular weight excluding hydrogens is 416 g/mol. The molecule has 1 aliphatic heterocycles. The summed E-state index contributed by atoms with van der Waals surface area (Å²) in [6.07, 6.45) is 9.10. The molecule has 2 aromatic rings. The first-order valence-corrected chi connectivity index (χ1v) is 11.8. The lowest BCUT2D eigenvalue weighted by Crippen LogP contribution is -2.16. The molecule has 1 aliphatic carbocycles. The largest absolute Gasteiger partial charge is 0.493 e. The van der Waals surface area contributed by atoms with E-state index in [2.05, 4.69) is 6.92 Å². The molecule has 1 unspecified atom stereocenters. The summed E-state index contributed by atoms with van der Waals surface area (Å²) in [4.78, 5) is 0. The van der Waals surface area contributed by atoms with Gasteiger partial charge in [0.1, 0.15) is 5.76 Å². The van der Waals surface area contributed by atoms with E-state index < -0.39 is 23.3 Å². The molecule has 0 amide bonds. The Morgan fingerprint density at radius 1 is 0.844 bits per heavy atom. The lowest BCUT2D eigenvalue weighted by Gasteiger charge is -2.26. The molecule has 0 aromatic heterocycles. The van der Waals surface area contributed by atoms with Gasteiger partial charge in [0.25, 0.3) is 0 Å². The molecule has 0 fully saturated rings. The minimum atomic E-state index is -1.13. The van der Waals surface area contributed by atoms with Crippen LogP contribution in [0.4, 0.5) is 17.6 Å². The SMILES string of the molecule is CCCCCC1CC=C(c2cc3c(c(F)c2F)-c2c(cc(CCC)c(F)c2F)CC3)OC1. The molecule has 2 aromatic carbocycles. The third kappa shape index (κ3) is 4.18. The van der Waals surface area contributed by atoms with Crippen LogP contribution in [0, 0.1) is 29.2 Å². The summed E-state index contributed by atoms with van der Waals surface area (Å²) in [5.74, 6) is -3.51. The fraction of sp³-hybridized carbons (Fsp3) is 0.481. The number of benzene rings is 2. The monoisotopic (exact) mass is 446 g/mol. The fourth-order valence-corrected chi connectivity index (χ4v) is 4.93. The fourth-order valence-electron chi connectivity index (χ4n) is 4.93. The van der Waals surface area contributed by atoms with E-state index in [1.807, 2.05) is 13.0 Å². The van der Waals surface area contributed by atoms with Crippen LogP contribution in [0.15, 0.2) is 18.2 Å². The topological polar surface area (TPSA) is 9.23 Å². The van der Waals surface area contributed by atoms with Gasteiger partial charge in [0.2, 0.25) is 0 Å². The number of rotatable bonds is 7. The summed E-state index contributed by atoms with van der Waals surface area (Å²) in [6.45, 7) is 4.53. The van der Waals surface area contributed by atoms with Crippen molar-refractivity contribution in [3.05, 3.63) is 63.7 Å². The highest BCUT2D eigenvalue weighted by Crippen LogP contribution is 2.42. The molecule has 0 bridgehead atoms. The van der Waals surface area contributed by atoms with Crippen molar-refractivity contribution in [2.45, 2.75) is 71.6 Å². The zero-order valence-electron chi connectivity index (χ0n) is 18.8. The van der Waals surface area contributed by atoms with Gasteiger partial charge in [-0.25, -0.2) is 17.6 Å². The number of allylic oxidation sites excluding steroid dienone is 1. The molecule has 0 radical (unpaired) electrons. The molecule has 1 atom stereocenters. The molecule has 1 nitrogen and oxygen atoms in total. The summed E-state index contributed by atoms with van der Waals surface area (Å²) < 4.78 is 65.8. The predicted molar refractivity (Wildman–Crippen MR) is 119 cm³/mol. The highest BCUT2D eigenvalue weighted by atomic mass is 19.2. The molecule has 1 heterocycles. The van der Waals surface area contributed by atoms with E-state index >= 15 is 8.78 Å². The Balaban J connectivity index is 1.69. The van der Waals surface area contributed by atoms with Crippen LogP contribution in [0.1, 0.15) is 74.6 Å². The summed E-state index contributed by atoms with van der Waals surface area (Å²) in [7, 11) is 0. The Bertz CT molecular complexity index is 1040. The minimum absolute atomic E-state index is 0.0696. The second kappa shape index (κ2) is 9.68. The van der Waals surface area contributed by atoms with E-state index in [1.165, 1.54) is 6.42 Å². The van der Waals surface area contributed by atoms with Crippen molar-refractivity contribution >= 4 is 5.76 Å². The first-order chi connectivity index (χ1) is 15.5. The number of aryl methyl sites for hydroxylation is 3. The molecular formula is C27H30F4O. The van der Waals surface area contributed by atoms with Crippen LogP contribution >= 0.6 is 0 Å². The van der Waals surface area contributed by atoms with Gasteiger partial charge in [0.05, 0.1) is 12.2 Å². The zero-order valence-corrected chi connectivity index (χ0v) is 18.8. The van der Waals surface area contributed by atoms with Crippen LogP contribution in [0.5, 0.6) is 0 Å². The number of ether oxygens (including phenoxy) is 1. The molecule has 0 N–H and O–H groups in total. The van der Waals surface area contributed by atoms with Gasteiger partial charge in [-0.3, -0.25) is 0 Å². The van der Waals surface area contributed by atoms with Gasteiger partial charge in [-0.2, -0.15) is 0 Å². The van der Waals surface area contributed by atoms with Gasteiger partial charge in [-0.15, -0.1) is 0 Å². The maximum Gasteiger partial charge on any atom is 0.170 e. The highest BCUT2D eigenvalue weighted by molar-refractivity contribution is 5.77. The Labute approximate surface area is 187 Å². The van der Waals surface area contributed by atoms with Crippen molar-refractivity contribution in [3.8, 4) is 11.1 Å². The van der Waals surface area contributed by atoms with Crippen LogP contribution in [-0.4, -0.2) is 6.61 Å². The minimum Gasteiger partial charge on any atom is -0.493 e. The van der Waals surface area contributed by atoms with E-state index in [-0.39, 0.29) is 16.7 Å². The standard InChI is InChI=1S/C27H30F4O/c1-3-5-6-8-16-9-12-21(32-15-16)20-14-18-11-10-17-13-19(7-4-2)24(28)26(30)22(17)23(18)27(31)25(20)29/h12-14,16H,3-11,15H2,1-2H3. The maximum atomic E-state index is 15.3. The number of fused-ring (bicyclic) bond motifs is 3. The first kappa shape index (κ1) is 22.9. The second-order valence-corrected chi connectivity index (χ2v) is 9.01. The second-order valence-electron chi connectivity index (χ2n) is 9.01. The van der Waals surface area contributed by atoms with Gasteiger partial charge in [-0.05, 0) is 66.9 Å². The molecule has 0 saturated heterocycles. The molecule has 172 valence electrons. The average molecular weight is 447 g/mol. The Hall–Kier alpha value is -2.30. The summed E-state index contributed by atoms with van der Waals surface area (Å²) >= 11 is 0. The number of unbranched alkanes of at least 4 members (excludes halogenated alkanes) is 2. The van der Waals surface area contributed by atoms with Gasteiger partial charge in [0, 0.05) is 11.1 Å². The molecule has 0 spiro atoms. The van der Waals surface area contributed by atoms with Gasteiger partial charge in [0.15, 0.2) is 23.3 Å². The van der Waals surface area contributed by atoms with E-state index in [1.54, 1.807) is 12.1 Å². The zero-order chi connectivity index (χ0) is 22.8. The van der Waals surface area contributed by atoms with Crippen molar-refractivity contribution in [2.24, 2.45) is 5.92 Å². The Morgan fingerprint density at radius 2 is 1.53 bits per heavy atom. The lowest BCUT2D eigenvalue weighted by atomic mass is 9.82. The van der Waals surface area contributed by atoms with Crippen LogP contribution in [0.3, 0.4) is 0 Å². The molecule has 2 aliphatic rings. The highest BCUT2D eigenvalue weighted by Gasteiger charge is 2.31. The quantitative estimate of drug-likeness (QED) is 0.310. The molecule has 4 rings (SSSR count). The van der Waals surface area contributed by atoms with Crippen LogP contribution in [-0.2, 0) is 24.0 Å². The van der Waals surface area contributed by atoms with Gasteiger partial charge >= 0.3 is 0 Å². The number of hydrogen-bond donors (Lipinski definition) is 0. The van der Waals surface area contributed by atoms with Gasteiger partial charge in [-0.1, -0.05) is 45.6 Å². The van der Waals surface area contributed by atoms with E-state index in [0.717, 1.165) is 25.7 Å². The molecule has 32 heavy (non-hydrogen) atoms. The first-order valence-electron chi connectivity index (χ1n) is 11.8. The Morgan fingerprint density at radius 3 is 2.16 bits per heavy atom. The average Bonchev–Trinajstić information content (AvgIpc) is 2.80. The van der Waals surface area contributed by atoms with E-state index in [0.29, 0.717) is 60.7 Å². The summed E-state index contributed by atoms with van der Waals surface area (Å²) in [6, 6.07) is 3.16. The normalized spacial score (nSPS) is 17.4. The van der Waals surface area contributed by atoms with Crippen molar-refractivity contribution in [3.63, 3.8) is 0 Å².